The molecule has 0 spiro atoms. The predicted octanol–water partition coefficient (Wildman–Crippen LogP) is 4.35. The number of hydrogen-bond acceptors (Lipinski definition) is 5. The predicted molar refractivity (Wildman–Crippen MR) is 113 cm³/mol. The van der Waals surface area contributed by atoms with Gasteiger partial charge in [-0.05, 0) is 36.8 Å². The Labute approximate surface area is 172 Å². The first kappa shape index (κ1) is 18.8. The van der Waals surface area contributed by atoms with Crippen LogP contribution in [-0.2, 0) is 11.2 Å². The minimum Gasteiger partial charge on any atom is -0.326 e. The van der Waals surface area contributed by atoms with Crippen LogP contribution in [0.25, 0.3) is 0 Å². The SMILES string of the molecule is Cc1cccc(Cc2cnc(NC(=O)[C@@H]3CCCN3C(=O)c3cccs3)s2)c1. The average Bonchev–Trinajstić information content (AvgIpc) is 3.43. The lowest BCUT2D eigenvalue weighted by molar-refractivity contribution is -0.119. The molecule has 144 valence electrons. The van der Waals surface area contributed by atoms with Crippen molar-refractivity contribution in [3.05, 3.63) is 68.9 Å². The number of nitrogens with one attached hydrogen (secondary N) is 1. The summed E-state index contributed by atoms with van der Waals surface area (Å²) < 4.78 is 0. The summed E-state index contributed by atoms with van der Waals surface area (Å²) in [5.41, 5.74) is 2.46. The van der Waals surface area contributed by atoms with Crippen molar-refractivity contribution in [3.63, 3.8) is 0 Å². The van der Waals surface area contributed by atoms with Crippen LogP contribution in [0.4, 0.5) is 5.13 Å². The lowest BCUT2D eigenvalue weighted by Gasteiger charge is -2.22. The quantitative estimate of drug-likeness (QED) is 0.679. The highest BCUT2D eigenvalue weighted by Gasteiger charge is 2.35. The van der Waals surface area contributed by atoms with E-state index in [0.29, 0.717) is 23.0 Å². The number of thiazole rings is 1. The summed E-state index contributed by atoms with van der Waals surface area (Å²) in [6.07, 6.45) is 4.13. The van der Waals surface area contributed by atoms with E-state index in [1.165, 1.54) is 33.8 Å². The molecule has 7 heteroatoms. The molecule has 2 amide bonds. The lowest BCUT2D eigenvalue weighted by atomic mass is 10.1. The Bertz CT molecular complexity index is 981. The molecule has 0 saturated carbocycles. The monoisotopic (exact) mass is 411 g/mol. The van der Waals surface area contributed by atoms with Crippen LogP contribution in [0.15, 0.2) is 48.0 Å². The number of aryl methyl sites for hydroxylation is 1. The topological polar surface area (TPSA) is 62.3 Å². The summed E-state index contributed by atoms with van der Waals surface area (Å²) >= 11 is 2.89. The van der Waals surface area contributed by atoms with Crippen LogP contribution in [0, 0.1) is 6.92 Å². The molecule has 1 saturated heterocycles. The van der Waals surface area contributed by atoms with E-state index >= 15 is 0 Å². The van der Waals surface area contributed by atoms with Gasteiger partial charge < -0.3 is 10.2 Å². The van der Waals surface area contributed by atoms with E-state index in [-0.39, 0.29) is 11.8 Å². The van der Waals surface area contributed by atoms with Gasteiger partial charge in [0.05, 0.1) is 4.88 Å². The molecule has 2 aromatic heterocycles. The van der Waals surface area contributed by atoms with Crippen LogP contribution in [0.5, 0.6) is 0 Å². The number of carbonyl (C=O) groups excluding carboxylic acids is 2. The molecule has 1 fully saturated rings. The van der Waals surface area contributed by atoms with Crippen molar-refractivity contribution in [1.29, 1.82) is 0 Å². The summed E-state index contributed by atoms with van der Waals surface area (Å²) in [5, 5.41) is 5.37. The summed E-state index contributed by atoms with van der Waals surface area (Å²) in [7, 11) is 0. The number of thiophene rings is 1. The Hall–Kier alpha value is -2.51. The second-order valence-electron chi connectivity index (χ2n) is 6.92. The largest absolute Gasteiger partial charge is 0.326 e. The van der Waals surface area contributed by atoms with E-state index in [4.69, 9.17) is 0 Å². The third kappa shape index (κ3) is 4.15. The van der Waals surface area contributed by atoms with Gasteiger partial charge in [0.15, 0.2) is 5.13 Å². The number of benzene rings is 1. The fraction of sp³-hybridized carbons (Fsp3) is 0.286. The standard InChI is InChI=1S/C21H21N3O2S2/c1-14-5-2-6-15(11-14)12-16-13-22-21(28-16)23-19(25)17-7-3-9-24(17)20(26)18-8-4-10-27-18/h2,4-6,8,10-11,13,17H,3,7,9,12H2,1H3,(H,22,23,25)/t17-/m0/s1. The highest BCUT2D eigenvalue weighted by molar-refractivity contribution is 7.15. The Morgan fingerprint density at radius 1 is 1.29 bits per heavy atom. The van der Waals surface area contributed by atoms with Gasteiger partial charge in [-0.2, -0.15) is 0 Å². The van der Waals surface area contributed by atoms with E-state index in [2.05, 4.69) is 35.4 Å². The van der Waals surface area contributed by atoms with Crippen molar-refractivity contribution in [2.24, 2.45) is 0 Å². The van der Waals surface area contributed by atoms with Gasteiger partial charge in [-0.25, -0.2) is 4.98 Å². The maximum atomic E-state index is 12.8. The van der Waals surface area contributed by atoms with Gasteiger partial charge in [-0.15, -0.1) is 22.7 Å². The number of nitrogens with zero attached hydrogens (tertiary/aromatic N) is 2. The molecule has 5 nitrogen and oxygen atoms in total. The lowest BCUT2D eigenvalue weighted by Crippen LogP contribution is -2.42. The zero-order chi connectivity index (χ0) is 19.5. The van der Waals surface area contributed by atoms with Crippen LogP contribution < -0.4 is 5.32 Å². The Morgan fingerprint density at radius 2 is 2.18 bits per heavy atom. The van der Waals surface area contributed by atoms with Crippen LogP contribution >= 0.6 is 22.7 Å². The Balaban J connectivity index is 1.41. The second-order valence-corrected chi connectivity index (χ2v) is 8.98. The number of aromatic nitrogens is 1. The first-order chi connectivity index (χ1) is 13.6. The number of amides is 2. The molecule has 1 N–H and O–H groups in total. The number of likely N-dealkylation sites (tertiary alicyclic amines) is 1. The number of anilines is 1. The zero-order valence-corrected chi connectivity index (χ0v) is 17.2. The van der Waals surface area contributed by atoms with Crippen LogP contribution in [0.2, 0.25) is 0 Å². The van der Waals surface area contributed by atoms with Crippen molar-refractivity contribution in [2.45, 2.75) is 32.2 Å². The Morgan fingerprint density at radius 3 is 2.96 bits per heavy atom. The summed E-state index contributed by atoms with van der Waals surface area (Å²) in [5.74, 6) is -0.217. The summed E-state index contributed by atoms with van der Waals surface area (Å²) in [6.45, 7) is 2.69. The molecule has 1 aliphatic heterocycles. The van der Waals surface area contributed by atoms with Gasteiger partial charge in [0, 0.05) is 24.0 Å². The van der Waals surface area contributed by atoms with Gasteiger partial charge in [-0.3, -0.25) is 9.59 Å². The summed E-state index contributed by atoms with van der Waals surface area (Å²) in [4.78, 5) is 33.2. The molecule has 0 radical (unpaired) electrons. The van der Waals surface area contributed by atoms with Crippen LogP contribution in [-0.4, -0.2) is 34.3 Å². The fourth-order valence-corrected chi connectivity index (χ4v) is 5.01. The van der Waals surface area contributed by atoms with Crippen molar-refractivity contribution in [2.75, 3.05) is 11.9 Å². The molecule has 3 aromatic rings. The van der Waals surface area contributed by atoms with E-state index in [0.717, 1.165) is 17.7 Å². The number of carbonyl (C=O) groups is 2. The minimum atomic E-state index is -0.432. The molecule has 1 aromatic carbocycles. The highest BCUT2D eigenvalue weighted by atomic mass is 32.1. The molecular weight excluding hydrogens is 390 g/mol. The second kappa shape index (κ2) is 8.24. The van der Waals surface area contributed by atoms with E-state index in [9.17, 15) is 9.59 Å². The number of rotatable bonds is 5. The van der Waals surface area contributed by atoms with Crippen molar-refractivity contribution in [3.8, 4) is 0 Å². The Kier molecular flexibility index (Phi) is 5.54. The zero-order valence-electron chi connectivity index (χ0n) is 15.6. The van der Waals surface area contributed by atoms with Gasteiger partial charge in [0.2, 0.25) is 5.91 Å². The molecule has 0 unspecified atom stereocenters. The first-order valence-corrected chi connectivity index (χ1v) is 11.0. The third-order valence-corrected chi connectivity index (χ3v) is 6.56. The number of hydrogen-bond donors (Lipinski definition) is 1. The third-order valence-electron chi connectivity index (χ3n) is 4.79. The molecule has 0 aliphatic carbocycles. The molecule has 1 aliphatic rings. The minimum absolute atomic E-state index is 0.0630. The van der Waals surface area contributed by atoms with Crippen molar-refractivity contribution < 1.29 is 9.59 Å². The van der Waals surface area contributed by atoms with Gasteiger partial charge in [0.25, 0.3) is 5.91 Å². The maximum absolute atomic E-state index is 12.8. The van der Waals surface area contributed by atoms with Crippen molar-refractivity contribution in [1.82, 2.24) is 9.88 Å². The maximum Gasteiger partial charge on any atom is 0.264 e. The smallest absolute Gasteiger partial charge is 0.264 e. The molecular formula is C21H21N3O2S2. The van der Waals surface area contributed by atoms with E-state index < -0.39 is 6.04 Å². The first-order valence-electron chi connectivity index (χ1n) is 9.26. The average molecular weight is 412 g/mol. The molecule has 0 bridgehead atoms. The van der Waals surface area contributed by atoms with Gasteiger partial charge in [-0.1, -0.05) is 35.9 Å². The van der Waals surface area contributed by atoms with Crippen LogP contribution in [0.1, 0.15) is 38.5 Å². The highest BCUT2D eigenvalue weighted by Crippen LogP contribution is 2.25. The molecule has 4 rings (SSSR count). The van der Waals surface area contributed by atoms with E-state index in [1.807, 2.05) is 23.7 Å². The van der Waals surface area contributed by atoms with E-state index in [1.54, 1.807) is 11.0 Å². The van der Waals surface area contributed by atoms with Gasteiger partial charge >= 0.3 is 0 Å². The molecule has 3 heterocycles. The van der Waals surface area contributed by atoms with Crippen LogP contribution in [0.3, 0.4) is 0 Å². The van der Waals surface area contributed by atoms with Crippen molar-refractivity contribution >= 4 is 39.6 Å². The summed E-state index contributed by atoms with van der Waals surface area (Å²) in [6, 6.07) is 11.6. The molecule has 28 heavy (non-hydrogen) atoms. The fourth-order valence-electron chi connectivity index (χ4n) is 3.48. The van der Waals surface area contributed by atoms with Gasteiger partial charge in [0.1, 0.15) is 6.04 Å². The molecule has 1 atom stereocenters. The normalized spacial score (nSPS) is 16.3.